The molecule has 1 atom stereocenters. The van der Waals surface area contributed by atoms with Gasteiger partial charge in [0.05, 0.1) is 5.69 Å². The van der Waals surface area contributed by atoms with Crippen LogP contribution in [0.25, 0.3) is 0 Å². The smallest absolute Gasteiger partial charge is 0.213 e. The molecule has 3 N–H and O–H groups in total. The summed E-state index contributed by atoms with van der Waals surface area (Å²) in [6.07, 6.45) is 2.21. The standard InChI is InChI=1S/C15H25N5/c1-3-14-12-19(2)10-7-11-20(14)15(18-16)17-13-8-5-4-6-9-13/h4-6,8-9,14H,3,7,10-12,16H2,1-2H3,(H,17,18). The second-order valence-corrected chi connectivity index (χ2v) is 5.29. The highest BCUT2D eigenvalue weighted by Crippen LogP contribution is 2.15. The molecule has 1 aliphatic rings. The average molecular weight is 275 g/mol. The number of nitrogens with one attached hydrogen (secondary N) is 1. The molecule has 5 nitrogen and oxygen atoms in total. The van der Waals surface area contributed by atoms with Crippen molar-refractivity contribution in [3.63, 3.8) is 0 Å². The molecule has 1 unspecified atom stereocenters. The van der Waals surface area contributed by atoms with E-state index in [2.05, 4.69) is 34.2 Å². The van der Waals surface area contributed by atoms with E-state index in [9.17, 15) is 0 Å². The van der Waals surface area contributed by atoms with Crippen molar-refractivity contribution in [2.24, 2.45) is 10.8 Å². The third-order valence-corrected chi connectivity index (χ3v) is 3.77. The molecule has 0 aliphatic carbocycles. The molecule has 0 spiro atoms. The number of rotatable bonds is 2. The van der Waals surface area contributed by atoms with Gasteiger partial charge in [0.1, 0.15) is 0 Å². The maximum atomic E-state index is 5.72. The molecule has 1 aromatic carbocycles. The van der Waals surface area contributed by atoms with Gasteiger partial charge in [0, 0.05) is 19.1 Å². The largest absolute Gasteiger partial charge is 0.337 e. The Morgan fingerprint density at radius 2 is 2.10 bits per heavy atom. The van der Waals surface area contributed by atoms with Gasteiger partial charge in [0.15, 0.2) is 0 Å². The van der Waals surface area contributed by atoms with Crippen LogP contribution < -0.4 is 11.3 Å². The summed E-state index contributed by atoms with van der Waals surface area (Å²) in [5, 5.41) is 0. The summed E-state index contributed by atoms with van der Waals surface area (Å²) < 4.78 is 0. The number of benzene rings is 1. The van der Waals surface area contributed by atoms with Gasteiger partial charge in [-0.05, 0) is 38.6 Å². The van der Waals surface area contributed by atoms with Gasteiger partial charge < -0.3 is 9.80 Å². The van der Waals surface area contributed by atoms with E-state index in [1.807, 2.05) is 30.3 Å². The Kier molecular flexibility index (Phi) is 5.38. The van der Waals surface area contributed by atoms with Crippen molar-refractivity contribution in [1.82, 2.24) is 15.2 Å². The Hall–Kier alpha value is -1.59. The Balaban J connectivity index is 2.22. The zero-order valence-electron chi connectivity index (χ0n) is 12.4. The second kappa shape index (κ2) is 7.26. The summed E-state index contributed by atoms with van der Waals surface area (Å²) in [7, 11) is 2.18. The van der Waals surface area contributed by atoms with Crippen molar-refractivity contribution in [1.29, 1.82) is 0 Å². The zero-order chi connectivity index (χ0) is 14.4. The van der Waals surface area contributed by atoms with Crippen molar-refractivity contribution in [2.45, 2.75) is 25.8 Å². The number of aliphatic imine (C=N–C) groups is 1. The lowest BCUT2D eigenvalue weighted by molar-refractivity contribution is 0.259. The van der Waals surface area contributed by atoms with Crippen LogP contribution in [-0.2, 0) is 0 Å². The van der Waals surface area contributed by atoms with E-state index in [0.717, 1.165) is 44.1 Å². The first-order chi connectivity index (χ1) is 9.74. The van der Waals surface area contributed by atoms with Gasteiger partial charge in [0.25, 0.3) is 0 Å². The van der Waals surface area contributed by atoms with E-state index in [4.69, 9.17) is 5.84 Å². The van der Waals surface area contributed by atoms with Gasteiger partial charge in [-0.25, -0.2) is 10.8 Å². The lowest BCUT2D eigenvalue weighted by Gasteiger charge is -2.32. The summed E-state index contributed by atoms with van der Waals surface area (Å²) in [5.41, 5.74) is 3.71. The predicted molar refractivity (Wildman–Crippen MR) is 83.8 cm³/mol. The molecule has 0 aromatic heterocycles. The van der Waals surface area contributed by atoms with Crippen molar-refractivity contribution in [2.75, 3.05) is 26.7 Å². The monoisotopic (exact) mass is 275 g/mol. The quantitative estimate of drug-likeness (QED) is 0.372. The summed E-state index contributed by atoms with van der Waals surface area (Å²) >= 11 is 0. The third kappa shape index (κ3) is 3.71. The molecule has 20 heavy (non-hydrogen) atoms. The molecule has 0 saturated carbocycles. The minimum absolute atomic E-state index is 0.445. The fraction of sp³-hybridized carbons (Fsp3) is 0.533. The van der Waals surface area contributed by atoms with Crippen LogP contribution in [0.2, 0.25) is 0 Å². The lowest BCUT2D eigenvalue weighted by atomic mass is 10.2. The number of guanidine groups is 1. The molecule has 5 heteroatoms. The third-order valence-electron chi connectivity index (χ3n) is 3.77. The minimum Gasteiger partial charge on any atom is -0.337 e. The van der Waals surface area contributed by atoms with Crippen molar-refractivity contribution in [3.8, 4) is 0 Å². The molecule has 110 valence electrons. The maximum Gasteiger partial charge on any atom is 0.213 e. The van der Waals surface area contributed by atoms with Gasteiger partial charge in [-0.1, -0.05) is 25.1 Å². The second-order valence-electron chi connectivity index (χ2n) is 5.29. The van der Waals surface area contributed by atoms with E-state index in [1.54, 1.807) is 0 Å². The molecule has 0 bridgehead atoms. The topological polar surface area (TPSA) is 56.9 Å². The Bertz CT molecular complexity index is 431. The van der Waals surface area contributed by atoms with E-state index in [-0.39, 0.29) is 0 Å². The van der Waals surface area contributed by atoms with Crippen LogP contribution in [0.1, 0.15) is 19.8 Å². The SMILES string of the molecule is CCC1CN(C)CCCN1C(=Nc1ccccc1)NN. The fourth-order valence-corrected chi connectivity index (χ4v) is 2.68. The molecule has 1 fully saturated rings. The fourth-order valence-electron chi connectivity index (χ4n) is 2.68. The molecule has 0 amide bonds. The summed E-state index contributed by atoms with van der Waals surface area (Å²) in [6.45, 7) is 5.37. The molecule has 2 rings (SSSR count). The van der Waals surface area contributed by atoms with Crippen molar-refractivity contribution >= 4 is 11.6 Å². The highest BCUT2D eigenvalue weighted by Gasteiger charge is 2.24. The lowest BCUT2D eigenvalue weighted by Crippen LogP contribution is -2.51. The Morgan fingerprint density at radius 1 is 1.35 bits per heavy atom. The number of likely N-dealkylation sites (N-methyl/N-ethyl adjacent to an activating group) is 1. The first-order valence-electron chi connectivity index (χ1n) is 7.30. The molecule has 1 heterocycles. The first kappa shape index (κ1) is 14.8. The van der Waals surface area contributed by atoms with Crippen LogP contribution in [0, 0.1) is 0 Å². The number of hydrogen-bond acceptors (Lipinski definition) is 3. The number of nitrogens with two attached hydrogens (primary N) is 1. The number of hydrazine groups is 1. The molecular formula is C15H25N5. The Labute approximate surface area is 121 Å². The Morgan fingerprint density at radius 3 is 2.75 bits per heavy atom. The van der Waals surface area contributed by atoms with Gasteiger partial charge in [0.2, 0.25) is 5.96 Å². The molecule has 1 aliphatic heterocycles. The van der Waals surface area contributed by atoms with Crippen molar-refractivity contribution < 1.29 is 0 Å². The van der Waals surface area contributed by atoms with E-state index in [0.29, 0.717) is 6.04 Å². The normalized spacial score (nSPS) is 21.6. The van der Waals surface area contributed by atoms with E-state index in [1.165, 1.54) is 0 Å². The number of hydrogen-bond donors (Lipinski definition) is 2. The van der Waals surface area contributed by atoms with Crippen LogP contribution in [0.4, 0.5) is 5.69 Å². The maximum absolute atomic E-state index is 5.72. The van der Waals surface area contributed by atoms with Gasteiger partial charge in [-0.3, -0.25) is 5.43 Å². The van der Waals surface area contributed by atoms with E-state index >= 15 is 0 Å². The van der Waals surface area contributed by atoms with Crippen LogP contribution in [0.5, 0.6) is 0 Å². The summed E-state index contributed by atoms with van der Waals surface area (Å²) in [4.78, 5) is 9.34. The van der Waals surface area contributed by atoms with E-state index < -0.39 is 0 Å². The molecule has 0 radical (unpaired) electrons. The minimum atomic E-state index is 0.445. The highest BCUT2D eigenvalue weighted by atomic mass is 15.4. The molecule has 1 saturated heterocycles. The predicted octanol–water partition coefficient (Wildman–Crippen LogP) is 1.55. The highest BCUT2D eigenvalue weighted by molar-refractivity contribution is 5.82. The summed E-state index contributed by atoms with van der Waals surface area (Å²) in [6, 6.07) is 10.4. The van der Waals surface area contributed by atoms with Gasteiger partial charge >= 0.3 is 0 Å². The van der Waals surface area contributed by atoms with Gasteiger partial charge in [-0.2, -0.15) is 0 Å². The van der Waals surface area contributed by atoms with Gasteiger partial charge in [-0.15, -0.1) is 0 Å². The van der Waals surface area contributed by atoms with Crippen LogP contribution in [0.3, 0.4) is 0 Å². The zero-order valence-corrected chi connectivity index (χ0v) is 12.4. The van der Waals surface area contributed by atoms with Crippen LogP contribution >= 0.6 is 0 Å². The van der Waals surface area contributed by atoms with Crippen LogP contribution in [0.15, 0.2) is 35.3 Å². The molecular weight excluding hydrogens is 250 g/mol. The number of nitrogens with zero attached hydrogens (tertiary/aromatic N) is 3. The number of para-hydroxylation sites is 1. The molecule has 1 aromatic rings. The van der Waals surface area contributed by atoms with Crippen molar-refractivity contribution in [3.05, 3.63) is 30.3 Å². The summed E-state index contributed by atoms with van der Waals surface area (Å²) in [5.74, 6) is 6.48. The first-order valence-corrected chi connectivity index (χ1v) is 7.30. The average Bonchev–Trinajstić information content (AvgIpc) is 2.67. The van der Waals surface area contributed by atoms with Crippen LogP contribution in [-0.4, -0.2) is 48.5 Å².